The van der Waals surface area contributed by atoms with Gasteiger partial charge in [0.1, 0.15) is 0 Å². The van der Waals surface area contributed by atoms with E-state index in [4.69, 9.17) is 0 Å². The fourth-order valence-corrected chi connectivity index (χ4v) is 3.17. The van der Waals surface area contributed by atoms with Gasteiger partial charge < -0.3 is 10.3 Å². The molecule has 28 heavy (non-hydrogen) atoms. The summed E-state index contributed by atoms with van der Waals surface area (Å²) in [6.45, 7) is 3.80. The lowest BCUT2D eigenvalue weighted by atomic mass is 10.1. The Morgan fingerprint density at radius 1 is 1.07 bits per heavy atom. The van der Waals surface area contributed by atoms with Gasteiger partial charge in [0.05, 0.1) is 22.8 Å². The number of para-hydroxylation sites is 1. The maximum Gasteiger partial charge on any atom is 0.261 e. The summed E-state index contributed by atoms with van der Waals surface area (Å²) in [7, 11) is 0. The first-order valence-electron chi connectivity index (χ1n) is 8.88. The van der Waals surface area contributed by atoms with E-state index in [-0.39, 0.29) is 22.7 Å². The fourth-order valence-electron chi connectivity index (χ4n) is 3.17. The number of nitrogens with one attached hydrogen (secondary N) is 2. The topological polar surface area (TPSA) is 96.8 Å². The Balaban J connectivity index is 1.76. The molecule has 0 unspecified atom stereocenters. The second-order valence-electron chi connectivity index (χ2n) is 6.83. The van der Waals surface area contributed by atoms with E-state index in [1.165, 1.54) is 17.0 Å². The van der Waals surface area contributed by atoms with E-state index < -0.39 is 5.91 Å². The number of rotatable bonds is 3. The minimum atomic E-state index is -0.422. The lowest BCUT2D eigenvalue weighted by Gasteiger charge is -2.11. The summed E-state index contributed by atoms with van der Waals surface area (Å²) in [5.74, 6) is -0.422. The average Bonchev–Trinajstić information content (AvgIpc) is 2.67. The number of H-pyrrole nitrogens is 1. The Kier molecular flexibility index (Phi) is 4.27. The molecule has 4 aromatic rings. The Morgan fingerprint density at radius 3 is 2.64 bits per heavy atom. The van der Waals surface area contributed by atoms with Crippen LogP contribution in [-0.4, -0.2) is 20.4 Å². The minimum absolute atomic E-state index is 0.0231. The third-order valence-corrected chi connectivity index (χ3v) is 4.59. The summed E-state index contributed by atoms with van der Waals surface area (Å²) in [4.78, 5) is 44.4. The molecule has 0 fully saturated rings. The van der Waals surface area contributed by atoms with Crippen molar-refractivity contribution in [1.82, 2.24) is 14.5 Å². The number of fused-ring (bicyclic) bond motifs is 2. The molecule has 2 N–H and O–H groups in total. The van der Waals surface area contributed by atoms with Crippen LogP contribution >= 0.6 is 0 Å². The summed E-state index contributed by atoms with van der Waals surface area (Å²) in [6, 6.07) is 13.3. The highest BCUT2D eigenvalue weighted by molar-refractivity contribution is 6.12. The van der Waals surface area contributed by atoms with Crippen molar-refractivity contribution in [3.63, 3.8) is 0 Å². The number of pyridine rings is 1. The molecular formula is C21H18N4O3. The Hall–Kier alpha value is -3.74. The average molecular weight is 374 g/mol. The lowest BCUT2D eigenvalue weighted by molar-refractivity contribution is 0.102. The zero-order chi connectivity index (χ0) is 19.8. The summed E-state index contributed by atoms with van der Waals surface area (Å²) >= 11 is 0. The Bertz CT molecular complexity index is 1340. The molecule has 0 saturated carbocycles. The van der Waals surface area contributed by atoms with Crippen LogP contribution in [0.1, 0.15) is 30.2 Å². The van der Waals surface area contributed by atoms with Gasteiger partial charge >= 0.3 is 0 Å². The first kappa shape index (κ1) is 17.7. The molecule has 0 bridgehead atoms. The van der Waals surface area contributed by atoms with Crippen LogP contribution in [0.5, 0.6) is 0 Å². The summed E-state index contributed by atoms with van der Waals surface area (Å²) < 4.78 is 1.54. The molecule has 2 aromatic heterocycles. The zero-order valence-corrected chi connectivity index (χ0v) is 15.4. The standard InChI is InChI=1S/C21H18N4O3/c1-12(2)25-11-22-17-8-7-13(9-16(17)21(25)28)23-20(27)15-10-19(26)24-18-6-4-3-5-14(15)18/h3-12H,1-2H3,(H,23,27)(H,24,26). The van der Waals surface area contributed by atoms with E-state index in [1.807, 2.05) is 13.8 Å². The molecule has 1 amide bonds. The van der Waals surface area contributed by atoms with Gasteiger partial charge in [-0.2, -0.15) is 0 Å². The van der Waals surface area contributed by atoms with Crippen LogP contribution in [-0.2, 0) is 0 Å². The van der Waals surface area contributed by atoms with E-state index in [0.29, 0.717) is 27.5 Å². The number of aromatic nitrogens is 3. The highest BCUT2D eigenvalue weighted by Gasteiger charge is 2.13. The fraction of sp³-hybridized carbons (Fsp3) is 0.143. The monoisotopic (exact) mass is 374 g/mol. The summed E-state index contributed by atoms with van der Waals surface area (Å²) in [5.41, 5.74) is 1.35. The SMILES string of the molecule is CC(C)n1cnc2ccc(NC(=O)c3cc(=O)[nH]c4ccccc34)cc2c1=O. The number of benzene rings is 2. The van der Waals surface area contributed by atoms with E-state index in [0.717, 1.165) is 0 Å². The molecule has 0 aliphatic rings. The van der Waals surface area contributed by atoms with Crippen LogP contribution < -0.4 is 16.4 Å². The molecule has 0 radical (unpaired) electrons. The van der Waals surface area contributed by atoms with Gasteiger partial charge in [-0.05, 0) is 38.1 Å². The van der Waals surface area contributed by atoms with Crippen molar-refractivity contribution in [2.75, 3.05) is 5.32 Å². The van der Waals surface area contributed by atoms with Crippen LogP contribution in [0.15, 0.2) is 64.4 Å². The second kappa shape index (κ2) is 6.77. The smallest absolute Gasteiger partial charge is 0.261 e. The number of carbonyl (C=O) groups excluding carboxylic acids is 1. The van der Waals surface area contributed by atoms with Gasteiger partial charge in [-0.3, -0.25) is 19.0 Å². The van der Waals surface area contributed by atoms with Crippen molar-refractivity contribution in [2.24, 2.45) is 0 Å². The highest BCUT2D eigenvalue weighted by Crippen LogP contribution is 2.19. The first-order chi connectivity index (χ1) is 13.4. The second-order valence-corrected chi connectivity index (χ2v) is 6.83. The maximum atomic E-state index is 12.8. The van der Waals surface area contributed by atoms with Crippen LogP contribution in [0.2, 0.25) is 0 Å². The molecule has 0 atom stereocenters. The molecule has 4 rings (SSSR count). The quantitative estimate of drug-likeness (QED) is 0.576. The number of carbonyl (C=O) groups is 1. The normalized spacial score (nSPS) is 11.2. The Labute approximate surface area is 159 Å². The maximum absolute atomic E-state index is 12.8. The van der Waals surface area contributed by atoms with Gasteiger partial charge in [0.25, 0.3) is 11.5 Å². The molecule has 7 heteroatoms. The number of hydrogen-bond acceptors (Lipinski definition) is 4. The molecule has 7 nitrogen and oxygen atoms in total. The van der Waals surface area contributed by atoms with E-state index >= 15 is 0 Å². The largest absolute Gasteiger partial charge is 0.322 e. The van der Waals surface area contributed by atoms with Gasteiger partial charge in [0.15, 0.2) is 0 Å². The van der Waals surface area contributed by atoms with Crippen molar-refractivity contribution in [2.45, 2.75) is 19.9 Å². The van der Waals surface area contributed by atoms with Gasteiger partial charge in [-0.15, -0.1) is 0 Å². The third-order valence-electron chi connectivity index (χ3n) is 4.59. The zero-order valence-electron chi connectivity index (χ0n) is 15.4. The first-order valence-corrected chi connectivity index (χ1v) is 8.88. The highest BCUT2D eigenvalue weighted by atomic mass is 16.2. The number of nitrogens with zero attached hydrogens (tertiary/aromatic N) is 2. The van der Waals surface area contributed by atoms with E-state index in [9.17, 15) is 14.4 Å². The number of amides is 1. The molecular weight excluding hydrogens is 356 g/mol. The van der Waals surface area contributed by atoms with Crippen LogP contribution in [0.25, 0.3) is 21.8 Å². The molecule has 2 heterocycles. The van der Waals surface area contributed by atoms with Gasteiger partial charge in [0, 0.05) is 28.7 Å². The Morgan fingerprint density at radius 2 is 1.86 bits per heavy atom. The van der Waals surface area contributed by atoms with E-state index in [2.05, 4.69) is 15.3 Å². The van der Waals surface area contributed by atoms with Gasteiger partial charge in [-0.25, -0.2) is 4.98 Å². The number of aromatic amines is 1. The van der Waals surface area contributed by atoms with Crippen molar-refractivity contribution in [1.29, 1.82) is 0 Å². The van der Waals surface area contributed by atoms with Crippen LogP contribution in [0.3, 0.4) is 0 Å². The molecule has 0 aliphatic carbocycles. The van der Waals surface area contributed by atoms with Crippen molar-refractivity contribution >= 4 is 33.4 Å². The van der Waals surface area contributed by atoms with Gasteiger partial charge in [-0.1, -0.05) is 18.2 Å². The number of hydrogen-bond donors (Lipinski definition) is 2. The molecule has 140 valence electrons. The summed E-state index contributed by atoms with van der Waals surface area (Å²) in [6.07, 6.45) is 1.52. The minimum Gasteiger partial charge on any atom is -0.322 e. The summed E-state index contributed by atoms with van der Waals surface area (Å²) in [5, 5.41) is 3.84. The third kappa shape index (κ3) is 3.07. The van der Waals surface area contributed by atoms with Crippen LogP contribution in [0, 0.1) is 0 Å². The van der Waals surface area contributed by atoms with Crippen molar-refractivity contribution in [3.8, 4) is 0 Å². The van der Waals surface area contributed by atoms with Gasteiger partial charge in [0.2, 0.25) is 5.56 Å². The predicted molar refractivity (Wildman–Crippen MR) is 109 cm³/mol. The molecule has 0 saturated heterocycles. The van der Waals surface area contributed by atoms with Crippen molar-refractivity contribution < 1.29 is 4.79 Å². The van der Waals surface area contributed by atoms with Crippen molar-refractivity contribution in [3.05, 3.63) is 81.1 Å². The van der Waals surface area contributed by atoms with E-state index in [1.54, 1.807) is 42.5 Å². The van der Waals surface area contributed by atoms with Crippen LogP contribution in [0.4, 0.5) is 5.69 Å². The predicted octanol–water partition coefficient (Wildman–Crippen LogP) is 3.07. The molecule has 2 aromatic carbocycles. The molecule has 0 spiro atoms. The lowest BCUT2D eigenvalue weighted by Crippen LogP contribution is -2.22. The molecule has 0 aliphatic heterocycles. The number of anilines is 1.